The number of rotatable bonds is 8. The van der Waals surface area contributed by atoms with E-state index in [1.807, 2.05) is 6.92 Å². The van der Waals surface area contributed by atoms with E-state index in [0.29, 0.717) is 40.8 Å². The molecule has 1 saturated heterocycles. The molecule has 0 bridgehead atoms. The molecule has 4 N–H and O–H groups in total. The van der Waals surface area contributed by atoms with Crippen molar-refractivity contribution >= 4 is 29.1 Å². The summed E-state index contributed by atoms with van der Waals surface area (Å²) in [5.74, 6) is -0.00882. The zero-order valence-electron chi connectivity index (χ0n) is 21.1. The van der Waals surface area contributed by atoms with Gasteiger partial charge >= 0.3 is 0 Å². The van der Waals surface area contributed by atoms with Crippen LogP contribution in [-0.2, 0) is 4.74 Å². The third-order valence-corrected chi connectivity index (χ3v) is 6.51. The third kappa shape index (κ3) is 6.23. The molecule has 1 amide bonds. The molecular weight excluding hydrogens is 525 g/mol. The van der Waals surface area contributed by atoms with Crippen LogP contribution in [0.1, 0.15) is 39.3 Å². The lowest BCUT2D eigenvalue weighted by Gasteiger charge is -2.24. The van der Waals surface area contributed by atoms with Gasteiger partial charge in [0.2, 0.25) is 5.95 Å². The Bertz CT molecular complexity index is 1480. The van der Waals surface area contributed by atoms with E-state index in [9.17, 15) is 14.3 Å². The van der Waals surface area contributed by atoms with E-state index in [0.717, 1.165) is 12.1 Å². The highest BCUT2D eigenvalue weighted by molar-refractivity contribution is 6.30. The van der Waals surface area contributed by atoms with Crippen molar-refractivity contribution in [2.75, 3.05) is 31.6 Å². The summed E-state index contributed by atoms with van der Waals surface area (Å²) in [4.78, 5) is 26.0. The Hall–Kier alpha value is -3.90. The van der Waals surface area contributed by atoms with Gasteiger partial charge < -0.3 is 25.8 Å². The minimum absolute atomic E-state index is 0.146. The summed E-state index contributed by atoms with van der Waals surface area (Å²) in [6.07, 6.45) is 4.29. The maximum Gasteiger partial charge on any atom is 0.272 e. The molecule has 0 spiro atoms. The lowest BCUT2D eigenvalue weighted by Crippen LogP contribution is -2.33. The molecule has 0 radical (unpaired) electrons. The fourth-order valence-corrected chi connectivity index (χ4v) is 4.46. The summed E-state index contributed by atoms with van der Waals surface area (Å²) in [5, 5.41) is 19.4. The fraction of sp³-hybridized carbons (Fsp3) is 0.259. The molecule has 3 heterocycles. The van der Waals surface area contributed by atoms with Gasteiger partial charge in [-0.2, -0.15) is 4.98 Å². The van der Waals surface area contributed by atoms with Gasteiger partial charge in [0.1, 0.15) is 23.7 Å². The van der Waals surface area contributed by atoms with Crippen molar-refractivity contribution in [2.45, 2.75) is 19.1 Å². The van der Waals surface area contributed by atoms with Gasteiger partial charge in [0, 0.05) is 47.3 Å². The van der Waals surface area contributed by atoms with Crippen molar-refractivity contribution in [1.82, 2.24) is 30.2 Å². The maximum atomic E-state index is 14.5. The summed E-state index contributed by atoms with van der Waals surface area (Å²) in [6, 6.07) is 11.0. The minimum atomic E-state index is -0.645. The Kier molecular flexibility index (Phi) is 8.13. The normalized spacial score (nSPS) is 16.1. The average molecular weight is 552 g/mol. The average Bonchev–Trinajstić information content (AvgIpc) is 3.44. The topological polar surface area (TPSA) is 126 Å². The van der Waals surface area contributed by atoms with Gasteiger partial charge in [-0.05, 0) is 42.8 Å². The third-order valence-electron chi connectivity index (χ3n) is 6.27. The second-order valence-corrected chi connectivity index (χ2v) is 9.49. The number of nitrogens with zero attached hydrogens (tertiary/aromatic N) is 4. The van der Waals surface area contributed by atoms with Crippen LogP contribution in [0.4, 0.5) is 16.0 Å². The summed E-state index contributed by atoms with van der Waals surface area (Å²) in [7, 11) is 0. The largest absolute Gasteiger partial charge is 0.394 e. The first-order valence-corrected chi connectivity index (χ1v) is 12.7. The Labute approximate surface area is 229 Å². The number of aliphatic hydroxyl groups excluding tert-OH is 1. The number of hydrogen-bond acceptors (Lipinski definition) is 8. The van der Waals surface area contributed by atoms with E-state index in [1.165, 1.54) is 12.4 Å². The Morgan fingerprint density at radius 3 is 2.95 bits per heavy atom. The molecule has 1 aliphatic rings. The number of aliphatic hydroxyl groups is 1. The molecule has 2 atom stereocenters. The van der Waals surface area contributed by atoms with Gasteiger partial charge in [0.25, 0.3) is 5.91 Å². The summed E-state index contributed by atoms with van der Waals surface area (Å²) in [6.45, 7) is 3.31. The number of imidazole rings is 1. The molecule has 12 heteroatoms. The Morgan fingerprint density at radius 1 is 1.31 bits per heavy atom. The van der Waals surface area contributed by atoms with Crippen molar-refractivity contribution in [1.29, 1.82) is 0 Å². The van der Waals surface area contributed by atoms with Gasteiger partial charge in [-0.3, -0.25) is 9.36 Å². The lowest BCUT2D eigenvalue weighted by atomic mass is 10.1. The molecule has 1 fully saturated rings. The fourth-order valence-electron chi connectivity index (χ4n) is 4.26. The number of benzene rings is 2. The number of carbonyl (C=O) groups is 1. The number of morpholine rings is 1. The molecule has 2 aromatic carbocycles. The molecule has 4 aromatic rings. The number of nitrogens with one attached hydrogen (secondary N) is 3. The van der Waals surface area contributed by atoms with Crippen LogP contribution in [0.5, 0.6) is 0 Å². The quantitative estimate of drug-likeness (QED) is 0.261. The van der Waals surface area contributed by atoms with Crippen molar-refractivity contribution in [3.8, 4) is 5.82 Å². The second kappa shape index (κ2) is 11.9. The first-order chi connectivity index (χ1) is 18.9. The molecule has 2 aromatic heterocycles. The smallest absolute Gasteiger partial charge is 0.272 e. The van der Waals surface area contributed by atoms with Crippen LogP contribution in [-0.4, -0.2) is 56.8 Å². The van der Waals surface area contributed by atoms with Crippen molar-refractivity contribution in [2.24, 2.45) is 0 Å². The number of hydrogen-bond donors (Lipinski definition) is 4. The van der Waals surface area contributed by atoms with Gasteiger partial charge in [-0.25, -0.2) is 14.4 Å². The van der Waals surface area contributed by atoms with Crippen LogP contribution < -0.4 is 16.0 Å². The number of halogens is 2. The predicted octanol–water partition coefficient (Wildman–Crippen LogP) is 3.63. The van der Waals surface area contributed by atoms with Crippen LogP contribution >= 0.6 is 11.6 Å². The van der Waals surface area contributed by atoms with E-state index < -0.39 is 11.9 Å². The van der Waals surface area contributed by atoms with Gasteiger partial charge in [-0.1, -0.05) is 23.7 Å². The Balaban J connectivity index is 1.33. The minimum Gasteiger partial charge on any atom is -0.394 e. The number of amides is 1. The monoisotopic (exact) mass is 551 g/mol. The number of aryl methyl sites for hydroxylation is 1. The Morgan fingerprint density at radius 2 is 2.18 bits per heavy atom. The zero-order valence-corrected chi connectivity index (χ0v) is 21.8. The van der Waals surface area contributed by atoms with E-state index in [1.54, 1.807) is 53.4 Å². The number of ether oxygens (including phenoxy) is 1. The van der Waals surface area contributed by atoms with Crippen LogP contribution in [0.15, 0.2) is 61.2 Å². The van der Waals surface area contributed by atoms with Crippen LogP contribution in [0.25, 0.3) is 5.82 Å². The van der Waals surface area contributed by atoms with Crippen molar-refractivity contribution in [3.63, 3.8) is 0 Å². The molecular formula is C27H27ClFN7O3. The molecule has 0 aliphatic carbocycles. The van der Waals surface area contributed by atoms with Crippen LogP contribution in [0.3, 0.4) is 0 Å². The zero-order chi connectivity index (χ0) is 27.4. The highest BCUT2D eigenvalue weighted by Gasteiger charge is 2.21. The first kappa shape index (κ1) is 26.7. The van der Waals surface area contributed by atoms with Crippen LogP contribution in [0, 0.1) is 12.7 Å². The number of aromatic nitrogens is 4. The molecule has 2 unspecified atom stereocenters. The summed E-state index contributed by atoms with van der Waals surface area (Å²) in [5.41, 5.74) is 2.63. The number of carbonyl (C=O) groups excluding carboxylic acids is 1. The van der Waals surface area contributed by atoms with Gasteiger partial charge in [0.15, 0.2) is 0 Å². The highest BCUT2D eigenvalue weighted by atomic mass is 35.5. The van der Waals surface area contributed by atoms with E-state index in [2.05, 4.69) is 30.9 Å². The van der Waals surface area contributed by atoms with E-state index >= 15 is 0 Å². The summed E-state index contributed by atoms with van der Waals surface area (Å²) < 4.78 is 21.8. The van der Waals surface area contributed by atoms with E-state index in [4.69, 9.17) is 16.3 Å². The molecule has 1 aliphatic heterocycles. The van der Waals surface area contributed by atoms with Crippen molar-refractivity contribution in [3.05, 3.63) is 94.4 Å². The highest BCUT2D eigenvalue weighted by Crippen LogP contribution is 2.26. The SMILES string of the molecule is Cc1cnc(Nc2ccc(F)c(C3CNCCO3)c2)nc1-n1cnc(C(=O)NC(CO)c2cccc(Cl)c2)c1. The first-order valence-electron chi connectivity index (χ1n) is 12.3. The molecule has 202 valence electrons. The van der Waals surface area contributed by atoms with Gasteiger partial charge in [-0.15, -0.1) is 0 Å². The molecule has 0 saturated carbocycles. The number of anilines is 2. The predicted molar refractivity (Wildman–Crippen MR) is 144 cm³/mol. The maximum absolute atomic E-state index is 14.5. The standard InChI is InChI=1S/C27H27ClFN7O3/c1-16-11-31-27(33-19-5-6-21(29)20(10-19)24-12-30-7-8-39-24)35-25(16)36-13-22(32-15-36)26(38)34-23(14-37)17-3-2-4-18(28)9-17/h2-6,9-11,13,15,23-24,30,37H,7-8,12,14H2,1H3,(H,34,38)(H,31,33,35). The second-order valence-electron chi connectivity index (χ2n) is 9.05. The van der Waals surface area contributed by atoms with E-state index in [-0.39, 0.29) is 30.2 Å². The van der Waals surface area contributed by atoms with Gasteiger partial charge in [0.05, 0.1) is 25.4 Å². The molecule has 39 heavy (non-hydrogen) atoms. The lowest BCUT2D eigenvalue weighted by molar-refractivity contribution is 0.0256. The molecule has 10 nitrogen and oxygen atoms in total. The molecule has 5 rings (SSSR count). The van der Waals surface area contributed by atoms with Crippen molar-refractivity contribution < 1.29 is 19.0 Å². The summed E-state index contributed by atoms with van der Waals surface area (Å²) >= 11 is 6.05. The van der Waals surface area contributed by atoms with Crippen LogP contribution in [0.2, 0.25) is 5.02 Å².